The molecule has 0 saturated heterocycles. The van der Waals surface area contributed by atoms with Crippen LogP contribution < -0.4 is 11.1 Å². The molecule has 1 atom stereocenters. The van der Waals surface area contributed by atoms with Crippen molar-refractivity contribution in [2.45, 2.75) is 45.7 Å². The van der Waals surface area contributed by atoms with Gasteiger partial charge in [-0.1, -0.05) is 20.8 Å². The summed E-state index contributed by atoms with van der Waals surface area (Å²) in [5.74, 6) is 0.428. The Bertz CT molecular complexity index is 423. The molecule has 1 heterocycles. The van der Waals surface area contributed by atoms with E-state index in [4.69, 9.17) is 10.5 Å². The van der Waals surface area contributed by atoms with Crippen LogP contribution in [0, 0.1) is 0 Å². The number of thiazole rings is 1. The zero-order valence-corrected chi connectivity index (χ0v) is 13.2. The molecule has 0 fully saturated rings. The molecule has 0 saturated carbocycles. The molecule has 0 aromatic carbocycles. The van der Waals surface area contributed by atoms with Crippen molar-refractivity contribution in [3.63, 3.8) is 0 Å². The number of hydrogen-bond donors (Lipinski definition) is 2. The van der Waals surface area contributed by atoms with Gasteiger partial charge in [-0.05, 0) is 6.92 Å². The minimum absolute atomic E-state index is 0.0786. The van der Waals surface area contributed by atoms with Crippen LogP contribution in [-0.2, 0) is 16.7 Å². The van der Waals surface area contributed by atoms with Gasteiger partial charge in [0.1, 0.15) is 5.01 Å². The van der Waals surface area contributed by atoms with Gasteiger partial charge in [0.25, 0.3) is 0 Å². The van der Waals surface area contributed by atoms with Crippen molar-refractivity contribution in [1.29, 1.82) is 0 Å². The first-order chi connectivity index (χ1) is 8.82. The third kappa shape index (κ3) is 5.57. The summed E-state index contributed by atoms with van der Waals surface area (Å²) in [6.07, 6.45) is 0. The maximum Gasteiger partial charge on any atom is 0.189 e. The first-order valence-electron chi connectivity index (χ1n) is 6.33. The summed E-state index contributed by atoms with van der Waals surface area (Å²) in [6.45, 7) is 9.56. The molecule has 0 amide bonds. The molecule has 0 spiro atoms. The van der Waals surface area contributed by atoms with Crippen LogP contribution >= 0.6 is 11.3 Å². The largest absolute Gasteiger partial charge is 0.383 e. The minimum Gasteiger partial charge on any atom is -0.383 e. The first-order valence-corrected chi connectivity index (χ1v) is 7.21. The molecule has 108 valence electrons. The molecular weight excluding hydrogens is 260 g/mol. The number of rotatable bonds is 5. The van der Waals surface area contributed by atoms with Gasteiger partial charge in [0, 0.05) is 23.9 Å². The molecule has 5 nitrogen and oxygen atoms in total. The third-order valence-corrected chi connectivity index (χ3v) is 3.35. The van der Waals surface area contributed by atoms with E-state index in [-0.39, 0.29) is 11.5 Å². The molecule has 0 radical (unpaired) electrons. The molecule has 0 aliphatic rings. The maximum atomic E-state index is 5.81. The Hall–Kier alpha value is -1.14. The number of hydrogen-bond acceptors (Lipinski definition) is 4. The zero-order chi connectivity index (χ0) is 14.5. The van der Waals surface area contributed by atoms with Crippen molar-refractivity contribution in [3.05, 3.63) is 16.1 Å². The highest BCUT2D eigenvalue weighted by Crippen LogP contribution is 2.24. The monoisotopic (exact) mass is 284 g/mol. The van der Waals surface area contributed by atoms with E-state index in [1.165, 1.54) is 0 Å². The Morgan fingerprint density at radius 1 is 1.58 bits per heavy atom. The minimum atomic E-state index is 0.0786. The van der Waals surface area contributed by atoms with Crippen LogP contribution in [0.3, 0.4) is 0 Å². The van der Waals surface area contributed by atoms with Gasteiger partial charge in [-0.15, -0.1) is 11.3 Å². The highest BCUT2D eigenvalue weighted by Gasteiger charge is 2.17. The molecule has 3 N–H and O–H groups in total. The number of aliphatic imine (C=N–C) groups is 1. The van der Waals surface area contributed by atoms with E-state index in [1.54, 1.807) is 18.4 Å². The van der Waals surface area contributed by atoms with Gasteiger partial charge in [0.2, 0.25) is 0 Å². The Morgan fingerprint density at radius 3 is 2.79 bits per heavy atom. The second kappa shape index (κ2) is 6.86. The fourth-order valence-corrected chi connectivity index (χ4v) is 2.41. The summed E-state index contributed by atoms with van der Waals surface area (Å²) < 4.78 is 5.02. The van der Waals surface area contributed by atoms with Gasteiger partial charge < -0.3 is 15.8 Å². The fraction of sp³-hybridized carbons (Fsp3) is 0.692. The number of methoxy groups -OCH3 is 1. The summed E-state index contributed by atoms with van der Waals surface area (Å²) in [4.78, 5) is 8.86. The Morgan fingerprint density at radius 2 is 2.26 bits per heavy atom. The normalized spacial score (nSPS) is 14.5. The van der Waals surface area contributed by atoms with Crippen LogP contribution in [0.5, 0.6) is 0 Å². The van der Waals surface area contributed by atoms with E-state index in [2.05, 4.69) is 41.4 Å². The Balaban J connectivity index is 2.53. The molecule has 0 aliphatic carbocycles. The summed E-state index contributed by atoms with van der Waals surface area (Å²) in [6, 6.07) is 0.148. The summed E-state index contributed by atoms with van der Waals surface area (Å²) in [5.41, 5.74) is 6.98. The fourth-order valence-electron chi connectivity index (χ4n) is 1.47. The summed E-state index contributed by atoms with van der Waals surface area (Å²) >= 11 is 1.62. The van der Waals surface area contributed by atoms with Crippen molar-refractivity contribution < 1.29 is 4.74 Å². The lowest BCUT2D eigenvalue weighted by Crippen LogP contribution is -2.40. The smallest absolute Gasteiger partial charge is 0.189 e. The van der Waals surface area contributed by atoms with Crippen molar-refractivity contribution >= 4 is 17.3 Å². The molecule has 6 heteroatoms. The standard InChI is InChI=1S/C13H24N4OS/c1-9(7-18-5)16-12(14)15-6-11-17-10(8-19-11)13(2,3)4/h8-9H,6-7H2,1-5H3,(H3,14,15,16). The van der Waals surface area contributed by atoms with Gasteiger partial charge in [-0.25, -0.2) is 9.98 Å². The topological polar surface area (TPSA) is 72.5 Å². The SMILES string of the molecule is COCC(C)NC(N)=NCc1nc(C(C)(C)C)cs1. The van der Waals surface area contributed by atoms with Crippen molar-refractivity contribution in [2.24, 2.45) is 10.7 Å². The van der Waals surface area contributed by atoms with Gasteiger partial charge in [-0.2, -0.15) is 0 Å². The van der Waals surface area contributed by atoms with Crippen LogP contribution in [0.15, 0.2) is 10.4 Å². The number of aromatic nitrogens is 1. The quantitative estimate of drug-likeness (QED) is 0.639. The van der Waals surface area contributed by atoms with E-state index >= 15 is 0 Å². The zero-order valence-electron chi connectivity index (χ0n) is 12.4. The predicted molar refractivity (Wildman–Crippen MR) is 80.6 cm³/mol. The molecule has 1 unspecified atom stereocenters. The molecule has 0 bridgehead atoms. The summed E-state index contributed by atoms with van der Waals surface area (Å²) in [5, 5.41) is 6.13. The Kier molecular flexibility index (Phi) is 5.75. The molecule has 1 rings (SSSR count). The average molecular weight is 284 g/mol. The second-order valence-electron chi connectivity index (χ2n) is 5.58. The van der Waals surface area contributed by atoms with E-state index in [0.29, 0.717) is 19.1 Å². The van der Waals surface area contributed by atoms with E-state index in [9.17, 15) is 0 Å². The maximum absolute atomic E-state index is 5.81. The number of ether oxygens (including phenoxy) is 1. The highest BCUT2D eigenvalue weighted by atomic mass is 32.1. The van der Waals surface area contributed by atoms with E-state index in [0.717, 1.165) is 10.7 Å². The van der Waals surface area contributed by atoms with Crippen LogP contribution in [0.2, 0.25) is 0 Å². The van der Waals surface area contributed by atoms with E-state index < -0.39 is 0 Å². The Labute approximate surface area is 119 Å². The molecule has 19 heavy (non-hydrogen) atoms. The molecular formula is C13H24N4OS. The highest BCUT2D eigenvalue weighted by molar-refractivity contribution is 7.09. The van der Waals surface area contributed by atoms with Gasteiger partial charge in [0.05, 0.1) is 18.8 Å². The van der Waals surface area contributed by atoms with Gasteiger partial charge in [0.15, 0.2) is 5.96 Å². The van der Waals surface area contributed by atoms with Crippen molar-refractivity contribution in [1.82, 2.24) is 10.3 Å². The molecule has 1 aromatic rings. The number of guanidine groups is 1. The van der Waals surface area contributed by atoms with E-state index in [1.807, 2.05) is 6.92 Å². The number of nitrogens with two attached hydrogens (primary N) is 1. The number of nitrogens with zero attached hydrogens (tertiary/aromatic N) is 2. The third-order valence-electron chi connectivity index (χ3n) is 2.52. The summed E-state index contributed by atoms with van der Waals surface area (Å²) in [7, 11) is 1.66. The second-order valence-corrected chi connectivity index (χ2v) is 6.52. The van der Waals surface area contributed by atoms with Gasteiger partial charge in [-0.3, -0.25) is 0 Å². The van der Waals surface area contributed by atoms with Crippen LogP contribution in [0.1, 0.15) is 38.4 Å². The number of nitrogens with one attached hydrogen (secondary N) is 1. The van der Waals surface area contributed by atoms with Crippen LogP contribution in [0.4, 0.5) is 0 Å². The van der Waals surface area contributed by atoms with Crippen molar-refractivity contribution in [2.75, 3.05) is 13.7 Å². The average Bonchev–Trinajstić information content (AvgIpc) is 2.74. The molecule has 0 aliphatic heterocycles. The predicted octanol–water partition coefficient (Wildman–Crippen LogP) is 1.88. The molecule has 1 aromatic heterocycles. The lowest BCUT2D eigenvalue weighted by Gasteiger charge is -2.14. The van der Waals surface area contributed by atoms with Crippen LogP contribution in [-0.4, -0.2) is 30.7 Å². The first kappa shape index (κ1) is 15.9. The van der Waals surface area contributed by atoms with Gasteiger partial charge >= 0.3 is 0 Å². The lowest BCUT2D eigenvalue weighted by molar-refractivity contribution is 0.179. The van der Waals surface area contributed by atoms with Crippen LogP contribution in [0.25, 0.3) is 0 Å². The lowest BCUT2D eigenvalue weighted by atomic mass is 9.93. The van der Waals surface area contributed by atoms with Crippen molar-refractivity contribution in [3.8, 4) is 0 Å².